The number of piperazine rings is 1. The van der Waals surface area contributed by atoms with Crippen LogP contribution in [0.2, 0.25) is 0 Å². The van der Waals surface area contributed by atoms with E-state index in [1.807, 2.05) is 25.4 Å². The van der Waals surface area contributed by atoms with E-state index in [2.05, 4.69) is 55.0 Å². The molecule has 31 heavy (non-hydrogen) atoms. The van der Waals surface area contributed by atoms with E-state index in [4.69, 9.17) is 9.97 Å². The molecule has 0 N–H and O–H groups in total. The quantitative estimate of drug-likeness (QED) is 0.646. The molecule has 7 heteroatoms. The zero-order valence-corrected chi connectivity index (χ0v) is 18.1. The highest BCUT2D eigenvalue weighted by molar-refractivity contribution is 5.62. The zero-order chi connectivity index (χ0) is 21.0. The third-order valence-corrected chi connectivity index (χ3v) is 6.21. The minimum atomic E-state index is 0.782. The molecule has 160 valence electrons. The second-order valence-corrected chi connectivity index (χ2v) is 8.27. The van der Waals surface area contributed by atoms with E-state index in [0.717, 1.165) is 68.1 Å². The van der Waals surface area contributed by atoms with Gasteiger partial charge in [0.2, 0.25) is 11.9 Å². The monoisotopic (exact) mass is 415 g/mol. The lowest BCUT2D eigenvalue weighted by Crippen LogP contribution is -2.47. The van der Waals surface area contributed by atoms with E-state index < -0.39 is 0 Å². The van der Waals surface area contributed by atoms with Crippen molar-refractivity contribution in [2.75, 3.05) is 54.0 Å². The average molecular weight is 416 g/mol. The number of piperidine rings is 1. The summed E-state index contributed by atoms with van der Waals surface area (Å²) in [6.45, 7) is 7.87. The highest BCUT2D eigenvalue weighted by Crippen LogP contribution is 2.25. The minimum Gasteiger partial charge on any atom is -0.368 e. The Morgan fingerprint density at radius 2 is 1.35 bits per heavy atom. The van der Waals surface area contributed by atoms with Crippen LogP contribution in [0, 0.1) is 6.92 Å². The number of benzene rings is 1. The van der Waals surface area contributed by atoms with Crippen LogP contribution in [0.5, 0.6) is 0 Å². The summed E-state index contributed by atoms with van der Waals surface area (Å²) in [7, 11) is 0. The van der Waals surface area contributed by atoms with Crippen molar-refractivity contribution in [2.24, 2.45) is 0 Å². The molecule has 7 nitrogen and oxygen atoms in total. The van der Waals surface area contributed by atoms with Crippen LogP contribution in [0.25, 0.3) is 11.3 Å². The van der Waals surface area contributed by atoms with Crippen LogP contribution in [-0.4, -0.2) is 59.2 Å². The Bertz CT molecular complexity index is 1010. The predicted octanol–water partition coefficient (Wildman–Crippen LogP) is 3.56. The Labute approximate surface area is 183 Å². The molecule has 2 aromatic heterocycles. The van der Waals surface area contributed by atoms with Gasteiger partial charge in [0.15, 0.2) is 0 Å². The fourth-order valence-electron chi connectivity index (χ4n) is 4.41. The van der Waals surface area contributed by atoms with Crippen molar-refractivity contribution in [1.82, 2.24) is 19.9 Å². The normalized spacial score (nSPS) is 17.1. The minimum absolute atomic E-state index is 0.782. The summed E-state index contributed by atoms with van der Waals surface area (Å²) in [4.78, 5) is 25.8. The molecule has 1 aromatic carbocycles. The second-order valence-electron chi connectivity index (χ2n) is 8.27. The maximum Gasteiger partial charge on any atom is 0.225 e. The van der Waals surface area contributed by atoms with Gasteiger partial charge in [-0.1, -0.05) is 18.2 Å². The van der Waals surface area contributed by atoms with Crippen LogP contribution >= 0.6 is 0 Å². The number of para-hydroxylation sites is 1. The van der Waals surface area contributed by atoms with Crippen molar-refractivity contribution in [3.63, 3.8) is 0 Å². The van der Waals surface area contributed by atoms with Gasteiger partial charge in [0.25, 0.3) is 0 Å². The molecule has 2 aliphatic rings. The van der Waals surface area contributed by atoms with Crippen LogP contribution in [0.3, 0.4) is 0 Å². The number of anilines is 3. The van der Waals surface area contributed by atoms with Gasteiger partial charge in [-0.2, -0.15) is 0 Å². The van der Waals surface area contributed by atoms with Crippen molar-refractivity contribution in [1.29, 1.82) is 0 Å². The molecular weight excluding hydrogens is 386 g/mol. The lowest BCUT2D eigenvalue weighted by atomic mass is 10.1. The molecule has 2 aliphatic heterocycles. The van der Waals surface area contributed by atoms with Gasteiger partial charge in [-0.25, -0.2) is 19.9 Å². The first-order valence-corrected chi connectivity index (χ1v) is 11.2. The Morgan fingerprint density at radius 3 is 2.10 bits per heavy atom. The molecule has 0 bridgehead atoms. The molecule has 2 fully saturated rings. The predicted molar refractivity (Wildman–Crippen MR) is 125 cm³/mol. The molecule has 2 saturated heterocycles. The van der Waals surface area contributed by atoms with E-state index >= 15 is 0 Å². The molecule has 0 saturated carbocycles. The van der Waals surface area contributed by atoms with Crippen molar-refractivity contribution in [3.05, 3.63) is 54.5 Å². The number of nitrogens with zero attached hydrogens (tertiary/aromatic N) is 7. The molecule has 3 aromatic rings. The molecule has 0 spiro atoms. The molecule has 0 unspecified atom stereocenters. The van der Waals surface area contributed by atoms with Gasteiger partial charge in [-0.15, -0.1) is 0 Å². The number of aromatic nitrogens is 4. The smallest absolute Gasteiger partial charge is 0.225 e. The van der Waals surface area contributed by atoms with E-state index in [9.17, 15) is 0 Å². The summed E-state index contributed by atoms with van der Waals surface area (Å²) >= 11 is 0. The number of rotatable bonds is 4. The number of hydrogen-bond acceptors (Lipinski definition) is 7. The molecule has 0 amide bonds. The summed E-state index contributed by atoms with van der Waals surface area (Å²) in [6.07, 6.45) is 7.51. The molecular formula is C24H29N7. The second kappa shape index (κ2) is 8.88. The van der Waals surface area contributed by atoms with Crippen LogP contribution in [0.15, 0.2) is 48.8 Å². The van der Waals surface area contributed by atoms with Gasteiger partial charge in [-0.3, -0.25) is 0 Å². The Hall–Kier alpha value is -3.22. The van der Waals surface area contributed by atoms with E-state index in [1.54, 1.807) is 0 Å². The van der Waals surface area contributed by atoms with Gasteiger partial charge in [-0.05, 0) is 44.4 Å². The van der Waals surface area contributed by atoms with Gasteiger partial charge < -0.3 is 14.7 Å². The number of aryl methyl sites for hydroxylation is 1. The standard InChI is InChI=1S/C24H29N7/c1-19-21(18-26-24(27-19)30-12-6-3-7-13-30)22-10-11-25-23(28-22)31-16-14-29(15-17-31)20-8-4-2-5-9-20/h2,4-5,8-11,18H,3,6-7,12-17H2,1H3. The van der Waals surface area contributed by atoms with Crippen molar-refractivity contribution in [3.8, 4) is 11.3 Å². The van der Waals surface area contributed by atoms with E-state index in [-0.39, 0.29) is 0 Å². The van der Waals surface area contributed by atoms with Crippen LogP contribution < -0.4 is 14.7 Å². The fraction of sp³-hybridized carbons (Fsp3) is 0.417. The Morgan fingerprint density at radius 1 is 0.677 bits per heavy atom. The zero-order valence-electron chi connectivity index (χ0n) is 18.1. The SMILES string of the molecule is Cc1nc(N2CCCCC2)ncc1-c1ccnc(N2CCN(c3ccccc3)CC2)n1. The van der Waals surface area contributed by atoms with Crippen LogP contribution in [-0.2, 0) is 0 Å². The molecule has 4 heterocycles. The van der Waals surface area contributed by atoms with Crippen molar-refractivity contribution in [2.45, 2.75) is 26.2 Å². The Balaban J connectivity index is 1.30. The Kier molecular flexibility index (Phi) is 5.65. The molecule has 0 atom stereocenters. The largest absolute Gasteiger partial charge is 0.368 e. The number of hydrogen-bond donors (Lipinski definition) is 0. The molecule has 0 aliphatic carbocycles. The first kappa shape index (κ1) is 19.7. The van der Waals surface area contributed by atoms with E-state index in [1.165, 1.54) is 24.9 Å². The first-order chi connectivity index (χ1) is 15.3. The summed E-state index contributed by atoms with van der Waals surface area (Å²) in [5.74, 6) is 1.62. The van der Waals surface area contributed by atoms with Gasteiger partial charge in [0.1, 0.15) is 0 Å². The van der Waals surface area contributed by atoms with E-state index in [0.29, 0.717) is 0 Å². The highest BCUT2D eigenvalue weighted by atomic mass is 15.3. The highest BCUT2D eigenvalue weighted by Gasteiger charge is 2.20. The summed E-state index contributed by atoms with van der Waals surface area (Å²) in [5.41, 5.74) is 4.11. The maximum atomic E-state index is 4.87. The maximum absolute atomic E-state index is 4.87. The first-order valence-electron chi connectivity index (χ1n) is 11.2. The van der Waals surface area contributed by atoms with Gasteiger partial charge in [0.05, 0.1) is 11.4 Å². The topological polar surface area (TPSA) is 61.3 Å². The lowest BCUT2D eigenvalue weighted by Gasteiger charge is -2.36. The summed E-state index contributed by atoms with van der Waals surface area (Å²) in [5, 5.41) is 0. The molecule has 0 radical (unpaired) electrons. The van der Waals surface area contributed by atoms with Gasteiger partial charge >= 0.3 is 0 Å². The lowest BCUT2D eigenvalue weighted by molar-refractivity contribution is 0.568. The fourth-order valence-corrected chi connectivity index (χ4v) is 4.41. The van der Waals surface area contributed by atoms with Gasteiger partial charge in [0, 0.05) is 62.9 Å². The molecule has 5 rings (SSSR count). The van der Waals surface area contributed by atoms with Crippen LogP contribution in [0.1, 0.15) is 25.0 Å². The van der Waals surface area contributed by atoms with Crippen LogP contribution in [0.4, 0.5) is 17.6 Å². The van der Waals surface area contributed by atoms with Crippen molar-refractivity contribution < 1.29 is 0 Å². The summed E-state index contributed by atoms with van der Waals surface area (Å²) < 4.78 is 0. The average Bonchev–Trinajstić information content (AvgIpc) is 2.85. The van der Waals surface area contributed by atoms with Crippen molar-refractivity contribution >= 4 is 17.6 Å². The third kappa shape index (κ3) is 4.31. The summed E-state index contributed by atoms with van der Waals surface area (Å²) in [6, 6.07) is 12.5. The third-order valence-electron chi connectivity index (χ3n) is 6.21.